The summed E-state index contributed by atoms with van der Waals surface area (Å²) in [6, 6.07) is 25.4. The SMILES string of the molecule is Cc1ccccc1/C=N\NC(=O)COc1ccccc1-c1ccccc1. The normalized spacial score (nSPS) is 10.7. The summed E-state index contributed by atoms with van der Waals surface area (Å²) in [5, 5.41) is 3.99. The number of amides is 1. The van der Waals surface area contributed by atoms with E-state index in [4.69, 9.17) is 4.74 Å². The number of ether oxygens (including phenoxy) is 1. The van der Waals surface area contributed by atoms with Crippen LogP contribution < -0.4 is 10.2 Å². The Bertz CT molecular complexity index is 905. The second kappa shape index (κ2) is 8.62. The Morgan fingerprint density at radius 1 is 0.962 bits per heavy atom. The highest BCUT2D eigenvalue weighted by Gasteiger charge is 2.07. The quantitative estimate of drug-likeness (QED) is 0.538. The first kappa shape index (κ1) is 17.4. The van der Waals surface area contributed by atoms with Gasteiger partial charge >= 0.3 is 0 Å². The zero-order valence-corrected chi connectivity index (χ0v) is 14.6. The Balaban J connectivity index is 1.60. The van der Waals surface area contributed by atoms with Gasteiger partial charge in [-0.3, -0.25) is 4.79 Å². The molecule has 0 fully saturated rings. The molecule has 3 aromatic rings. The summed E-state index contributed by atoms with van der Waals surface area (Å²) in [4.78, 5) is 12.0. The lowest BCUT2D eigenvalue weighted by atomic mass is 10.1. The van der Waals surface area contributed by atoms with E-state index in [1.807, 2.05) is 85.8 Å². The van der Waals surface area contributed by atoms with Crippen LogP contribution in [-0.4, -0.2) is 18.7 Å². The summed E-state index contributed by atoms with van der Waals surface area (Å²) in [7, 11) is 0. The topological polar surface area (TPSA) is 50.7 Å². The van der Waals surface area contributed by atoms with Gasteiger partial charge in [-0.1, -0.05) is 72.8 Å². The van der Waals surface area contributed by atoms with Crippen LogP contribution in [0.3, 0.4) is 0 Å². The number of hydrazone groups is 1. The number of rotatable bonds is 6. The van der Waals surface area contributed by atoms with Crippen molar-refractivity contribution in [3.8, 4) is 16.9 Å². The van der Waals surface area contributed by atoms with E-state index in [-0.39, 0.29) is 12.5 Å². The smallest absolute Gasteiger partial charge is 0.277 e. The molecule has 0 aliphatic heterocycles. The van der Waals surface area contributed by atoms with Crippen LogP contribution in [-0.2, 0) is 4.79 Å². The van der Waals surface area contributed by atoms with Gasteiger partial charge in [-0.05, 0) is 29.7 Å². The molecule has 0 saturated carbocycles. The average molecular weight is 344 g/mol. The number of nitrogens with one attached hydrogen (secondary N) is 1. The first-order chi connectivity index (χ1) is 12.7. The number of carbonyl (C=O) groups is 1. The third kappa shape index (κ3) is 4.57. The zero-order valence-electron chi connectivity index (χ0n) is 14.6. The van der Waals surface area contributed by atoms with Gasteiger partial charge in [0.05, 0.1) is 6.21 Å². The predicted octanol–water partition coefficient (Wildman–Crippen LogP) is 4.19. The summed E-state index contributed by atoms with van der Waals surface area (Å²) in [6.45, 7) is 1.89. The third-order valence-corrected chi connectivity index (χ3v) is 3.91. The molecule has 3 rings (SSSR count). The van der Waals surface area contributed by atoms with Crippen molar-refractivity contribution in [1.82, 2.24) is 5.43 Å². The van der Waals surface area contributed by atoms with Gasteiger partial charge in [0.25, 0.3) is 5.91 Å². The highest BCUT2D eigenvalue weighted by Crippen LogP contribution is 2.29. The van der Waals surface area contributed by atoms with Crippen molar-refractivity contribution in [1.29, 1.82) is 0 Å². The largest absolute Gasteiger partial charge is 0.483 e. The van der Waals surface area contributed by atoms with Crippen LogP contribution in [0.1, 0.15) is 11.1 Å². The van der Waals surface area contributed by atoms with E-state index in [1.165, 1.54) is 0 Å². The summed E-state index contributed by atoms with van der Waals surface area (Å²) in [6.07, 6.45) is 1.63. The van der Waals surface area contributed by atoms with E-state index in [9.17, 15) is 4.79 Å². The molecule has 0 aromatic heterocycles. The van der Waals surface area contributed by atoms with Crippen LogP contribution in [0.4, 0.5) is 0 Å². The van der Waals surface area contributed by atoms with Crippen molar-refractivity contribution in [2.45, 2.75) is 6.92 Å². The number of benzene rings is 3. The van der Waals surface area contributed by atoms with Crippen molar-refractivity contribution < 1.29 is 9.53 Å². The zero-order chi connectivity index (χ0) is 18.2. The predicted molar refractivity (Wildman–Crippen MR) is 104 cm³/mol. The molecule has 0 atom stereocenters. The first-order valence-corrected chi connectivity index (χ1v) is 8.39. The van der Waals surface area contributed by atoms with Crippen LogP contribution in [0.5, 0.6) is 5.75 Å². The van der Waals surface area contributed by atoms with Gasteiger partial charge < -0.3 is 4.74 Å². The van der Waals surface area contributed by atoms with Crippen molar-refractivity contribution >= 4 is 12.1 Å². The fourth-order valence-electron chi connectivity index (χ4n) is 2.53. The van der Waals surface area contributed by atoms with E-state index in [1.54, 1.807) is 6.21 Å². The standard InChI is InChI=1S/C22H20N2O2/c1-17-9-5-6-12-19(17)15-23-24-22(25)16-26-21-14-8-7-13-20(21)18-10-3-2-4-11-18/h2-15H,16H2,1H3,(H,24,25)/b23-15-. The summed E-state index contributed by atoms with van der Waals surface area (Å²) in [5.41, 5.74) is 6.54. The molecule has 0 saturated heterocycles. The minimum absolute atomic E-state index is 0.102. The average Bonchev–Trinajstić information content (AvgIpc) is 2.69. The lowest BCUT2D eigenvalue weighted by Crippen LogP contribution is -2.24. The molecule has 0 aliphatic carbocycles. The molecule has 0 unspecified atom stereocenters. The second-order valence-electron chi connectivity index (χ2n) is 5.80. The molecular weight excluding hydrogens is 324 g/mol. The first-order valence-electron chi connectivity index (χ1n) is 8.39. The van der Waals surface area contributed by atoms with Crippen molar-refractivity contribution in [2.75, 3.05) is 6.61 Å². The van der Waals surface area contributed by atoms with Gasteiger partial charge in [-0.25, -0.2) is 5.43 Å². The highest BCUT2D eigenvalue weighted by atomic mass is 16.5. The Hall–Kier alpha value is -3.40. The number of aryl methyl sites for hydroxylation is 1. The number of hydrogen-bond acceptors (Lipinski definition) is 3. The van der Waals surface area contributed by atoms with Crippen LogP contribution in [0, 0.1) is 6.92 Å². The summed E-state index contributed by atoms with van der Waals surface area (Å²) >= 11 is 0. The fraction of sp³-hybridized carbons (Fsp3) is 0.0909. The van der Waals surface area contributed by atoms with Crippen molar-refractivity contribution in [3.63, 3.8) is 0 Å². The Morgan fingerprint density at radius 3 is 2.46 bits per heavy atom. The molecule has 0 heterocycles. The van der Waals surface area contributed by atoms with Crippen LogP contribution in [0.2, 0.25) is 0 Å². The number of carbonyl (C=O) groups excluding carboxylic acids is 1. The molecule has 3 aromatic carbocycles. The maximum Gasteiger partial charge on any atom is 0.277 e. The summed E-state index contributed by atoms with van der Waals surface area (Å²) < 4.78 is 5.69. The van der Waals surface area contributed by atoms with Gasteiger partial charge in [0, 0.05) is 5.56 Å². The lowest BCUT2D eigenvalue weighted by molar-refractivity contribution is -0.123. The van der Waals surface area contributed by atoms with E-state index < -0.39 is 0 Å². The Kier molecular flexibility index (Phi) is 5.78. The number of para-hydroxylation sites is 1. The monoisotopic (exact) mass is 344 g/mol. The Morgan fingerprint density at radius 2 is 1.65 bits per heavy atom. The molecule has 0 radical (unpaired) electrons. The number of nitrogens with zero attached hydrogens (tertiary/aromatic N) is 1. The molecule has 0 aliphatic rings. The van der Waals surface area contributed by atoms with Crippen LogP contribution >= 0.6 is 0 Å². The van der Waals surface area contributed by atoms with Gasteiger partial charge in [-0.15, -0.1) is 0 Å². The third-order valence-electron chi connectivity index (χ3n) is 3.91. The molecular formula is C22H20N2O2. The maximum atomic E-state index is 12.0. The van der Waals surface area contributed by atoms with Crippen molar-refractivity contribution in [2.24, 2.45) is 5.10 Å². The molecule has 0 spiro atoms. The van der Waals surface area contributed by atoms with Crippen molar-refractivity contribution in [3.05, 3.63) is 90.0 Å². The molecule has 1 amide bonds. The van der Waals surface area contributed by atoms with E-state index in [0.29, 0.717) is 5.75 Å². The van der Waals surface area contributed by atoms with Crippen LogP contribution in [0.25, 0.3) is 11.1 Å². The molecule has 4 nitrogen and oxygen atoms in total. The fourth-order valence-corrected chi connectivity index (χ4v) is 2.53. The molecule has 130 valence electrons. The van der Waals surface area contributed by atoms with E-state index in [0.717, 1.165) is 22.3 Å². The van der Waals surface area contributed by atoms with Gasteiger partial charge in [0.15, 0.2) is 6.61 Å². The maximum absolute atomic E-state index is 12.0. The minimum atomic E-state index is -0.308. The Labute approximate surface area is 153 Å². The van der Waals surface area contributed by atoms with Crippen LogP contribution in [0.15, 0.2) is 84.0 Å². The summed E-state index contributed by atoms with van der Waals surface area (Å²) in [5.74, 6) is 0.356. The minimum Gasteiger partial charge on any atom is -0.483 e. The van der Waals surface area contributed by atoms with Gasteiger partial charge in [0.2, 0.25) is 0 Å². The molecule has 1 N–H and O–H groups in total. The molecule has 0 bridgehead atoms. The number of hydrogen-bond donors (Lipinski definition) is 1. The van der Waals surface area contributed by atoms with Gasteiger partial charge in [0.1, 0.15) is 5.75 Å². The lowest BCUT2D eigenvalue weighted by Gasteiger charge is -2.10. The second-order valence-corrected chi connectivity index (χ2v) is 5.80. The molecule has 26 heavy (non-hydrogen) atoms. The van der Waals surface area contributed by atoms with Gasteiger partial charge in [-0.2, -0.15) is 5.10 Å². The van der Waals surface area contributed by atoms with E-state index in [2.05, 4.69) is 10.5 Å². The highest BCUT2D eigenvalue weighted by molar-refractivity contribution is 5.84. The molecule has 4 heteroatoms. The van der Waals surface area contributed by atoms with E-state index >= 15 is 0 Å².